The molecule has 2 aromatic carbocycles. The van der Waals surface area contributed by atoms with Gasteiger partial charge in [0.05, 0.1) is 11.3 Å². The first kappa shape index (κ1) is 17.2. The molecular formula is C18H17F3N4. The second-order valence-electron chi connectivity index (χ2n) is 5.73. The van der Waals surface area contributed by atoms with E-state index in [4.69, 9.17) is 0 Å². The Bertz CT molecular complexity index is 794. The van der Waals surface area contributed by atoms with Gasteiger partial charge in [0.25, 0.3) is 0 Å². The molecule has 1 heterocycles. The molecule has 0 bridgehead atoms. The molecule has 0 spiro atoms. The van der Waals surface area contributed by atoms with Crippen LogP contribution in [0.4, 0.5) is 13.2 Å². The quantitative estimate of drug-likeness (QED) is 0.755. The zero-order valence-corrected chi connectivity index (χ0v) is 13.5. The summed E-state index contributed by atoms with van der Waals surface area (Å²) < 4.78 is 39.4. The lowest BCUT2D eigenvalue weighted by atomic mass is 10.1. The van der Waals surface area contributed by atoms with E-state index in [1.165, 1.54) is 18.5 Å². The van der Waals surface area contributed by atoms with E-state index in [1.807, 2.05) is 31.2 Å². The van der Waals surface area contributed by atoms with Crippen LogP contribution in [0, 0.1) is 0 Å². The first-order valence-electron chi connectivity index (χ1n) is 7.78. The zero-order valence-electron chi connectivity index (χ0n) is 13.5. The minimum atomic E-state index is -4.30. The smallest absolute Gasteiger partial charge is 0.306 e. The molecule has 0 radical (unpaired) electrons. The third-order valence-corrected chi connectivity index (χ3v) is 3.97. The number of rotatable bonds is 5. The Balaban J connectivity index is 1.60. The summed E-state index contributed by atoms with van der Waals surface area (Å²) >= 11 is 0. The van der Waals surface area contributed by atoms with Gasteiger partial charge in [-0.05, 0) is 42.3 Å². The van der Waals surface area contributed by atoms with E-state index in [-0.39, 0.29) is 6.04 Å². The van der Waals surface area contributed by atoms with E-state index in [0.29, 0.717) is 6.54 Å². The van der Waals surface area contributed by atoms with Crippen molar-refractivity contribution < 1.29 is 13.2 Å². The lowest BCUT2D eigenvalue weighted by Crippen LogP contribution is -2.18. The van der Waals surface area contributed by atoms with Crippen molar-refractivity contribution in [3.63, 3.8) is 0 Å². The largest absolute Gasteiger partial charge is 0.416 e. The van der Waals surface area contributed by atoms with Crippen LogP contribution in [-0.4, -0.2) is 14.8 Å². The summed E-state index contributed by atoms with van der Waals surface area (Å²) in [4.78, 5) is 3.91. The van der Waals surface area contributed by atoms with Gasteiger partial charge in [0, 0.05) is 12.6 Å². The molecule has 3 rings (SSSR count). The number of benzene rings is 2. The summed E-state index contributed by atoms with van der Waals surface area (Å²) in [5.41, 5.74) is 2.17. The summed E-state index contributed by atoms with van der Waals surface area (Å²) in [5.74, 6) is 0. The summed E-state index contributed by atoms with van der Waals surface area (Å²) in [6.07, 6.45) is -1.20. The fourth-order valence-electron chi connectivity index (χ4n) is 2.46. The van der Waals surface area contributed by atoms with Gasteiger partial charge in [-0.15, -0.1) is 0 Å². The second kappa shape index (κ2) is 7.06. The van der Waals surface area contributed by atoms with Crippen molar-refractivity contribution in [1.82, 2.24) is 20.1 Å². The third-order valence-electron chi connectivity index (χ3n) is 3.97. The number of hydrogen-bond donors (Lipinski definition) is 1. The Morgan fingerprint density at radius 2 is 1.72 bits per heavy atom. The topological polar surface area (TPSA) is 42.7 Å². The maximum Gasteiger partial charge on any atom is 0.416 e. The lowest BCUT2D eigenvalue weighted by molar-refractivity contribution is -0.137. The van der Waals surface area contributed by atoms with Gasteiger partial charge in [0.2, 0.25) is 0 Å². The van der Waals surface area contributed by atoms with E-state index < -0.39 is 11.7 Å². The number of aromatic nitrogens is 3. The number of alkyl halides is 3. The molecule has 1 N–H and O–H groups in total. The molecule has 0 aliphatic rings. The molecule has 1 aromatic heterocycles. The number of nitrogens with one attached hydrogen (secondary N) is 1. The standard InChI is InChI=1S/C18H17F3N4/c1-13(15-4-8-17(9-5-15)25-12-22-11-24-25)23-10-14-2-6-16(7-3-14)18(19,20)21/h2-9,11-13,23H,10H2,1H3. The van der Waals surface area contributed by atoms with Crippen LogP contribution in [0.25, 0.3) is 5.69 Å². The molecule has 3 aromatic rings. The molecule has 0 aliphatic heterocycles. The van der Waals surface area contributed by atoms with E-state index in [0.717, 1.165) is 28.9 Å². The molecule has 1 unspecified atom stereocenters. The molecule has 0 saturated carbocycles. The summed E-state index contributed by atoms with van der Waals surface area (Å²) in [5, 5.41) is 7.38. The van der Waals surface area contributed by atoms with E-state index >= 15 is 0 Å². The maximum atomic E-state index is 12.6. The average molecular weight is 346 g/mol. The van der Waals surface area contributed by atoms with Crippen LogP contribution in [0.2, 0.25) is 0 Å². The fraction of sp³-hybridized carbons (Fsp3) is 0.222. The van der Waals surface area contributed by atoms with Gasteiger partial charge in [0.1, 0.15) is 12.7 Å². The Labute approximate surface area is 143 Å². The Hall–Kier alpha value is -2.67. The van der Waals surface area contributed by atoms with Crippen LogP contribution in [0.1, 0.15) is 29.7 Å². The van der Waals surface area contributed by atoms with Gasteiger partial charge in [0.15, 0.2) is 0 Å². The highest BCUT2D eigenvalue weighted by molar-refractivity contribution is 5.34. The van der Waals surface area contributed by atoms with Gasteiger partial charge >= 0.3 is 6.18 Å². The molecule has 130 valence electrons. The predicted octanol–water partition coefficient (Wildman–Crippen LogP) is 4.14. The van der Waals surface area contributed by atoms with Gasteiger partial charge in [-0.1, -0.05) is 24.3 Å². The van der Waals surface area contributed by atoms with Crippen molar-refractivity contribution in [2.75, 3.05) is 0 Å². The summed E-state index contributed by atoms with van der Waals surface area (Å²) in [7, 11) is 0. The van der Waals surface area contributed by atoms with Crippen molar-refractivity contribution in [1.29, 1.82) is 0 Å². The molecule has 1 atom stereocenters. The number of hydrogen-bond acceptors (Lipinski definition) is 3. The van der Waals surface area contributed by atoms with E-state index in [2.05, 4.69) is 15.4 Å². The van der Waals surface area contributed by atoms with Crippen molar-refractivity contribution in [3.8, 4) is 5.69 Å². The van der Waals surface area contributed by atoms with Crippen molar-refractivity contribution in [3.05, 3.63) is 77.9 Å². The van der Waals surface area contributed by atoms with Crippen LogP contribution in [0.3, 0.4) is 0 Å². The van der Waals surface area contributed by atoms with Crippen molar-refractivity contribution in [2.24, 2.45) is 0 Å². The minimum absolute atomic E-state index is 0.0621. The Morgan fingerprint density at radius 1 is 1.04 bits per heavy atom. The van der Waals surface area contributed by atoms with E-state index in [9.17, 15) is 13.2 Å². The molecule has 0 saturated heterocycles. The van der Waals surface area contributed by atoms with Crippen LogP contribution in [0.5, 0.6) is 0 Å². The van der Waals surface area contributed by atoms with Crippen LogP contribution < -0.4 is 5.32 Å². The number of nitrogens with zero attached hydrogens (tertiary/aromatic N) is 3. The fourth-order valence-corrected chi connectivity index (χ4v) is 2.46. The number of halogens is 3. The molecule has 4 nitrogen and oxygen atoms in total. The van der Waals surface area contributed by atoms with E-state index in [1.54, 1.807) is 11.0 Å². The first-order chi connectivity index (χ1) is 11.9. The monoisotopic (exact) mass is 346 g/mol. The molecule has 0 fully saturated rings. The highest BCUT2D eigenvalue weighted by Gasteiger charge is 2.29. The average Bonchev–Trinajstić information content (AvgIpc) is 3.14. The van der Waals surface area contributed by atoms with Crippen molar-refractivity contribution in [2.45, 2.75) is 25.7 Å². The molecular weight excluding hydrogens is 329 g/mol. The highest BCUT2D eigenvalue weighted by Crippen LogP contribution is 2.29. The van der Waals surface area contributed by atoms with Gasteiger partial charge in [-0.3, -0.25) is 0 Å². The highest BCUT2D eigenvalue weighted by atomic mass is 19.4. The lowest BCUT2D eigenvalue weighted by Gasteiger charge is -2.15. The third kappa shape index (κ3) is 4.24. The van der Waals surface area contributed by atoms with Crippen LogP contribution >= 0.6 is 0 Å². The molecule has 0 amide bonds. The minimum Gasteiger partial charge on any atom is -0.306 e. The molecule has 0 aliphatic carbocycles. The Kier molecular flexibility index (Phi) is 4.85. The second-order valence-corrected chi connectivity index (χ2v) is 5.73. The summed E-state index contributed by atoms with van der Waals surface area (Å²) in [6.45, 7) is 2.50. The van der Waals surface area contributed by atoms with Crippen LogP contribution in [-0.2, 0) is 12.7 Å². The van der Waals surface area contributed by atoms with Crippen LogP contribution in [0.15, 0.2) is 61.2 Å². The maximum absolute atomic E-state index is 12.6. The van der Waals surface area contributed by atoms with Gasteiger partial charge in [-0.2, -0.15) is 18.3 Å². The predicted molar refractivity (Wildman–Crippen MR) is 88.1 cm³/mol. The molecule has 7 heteroatoms. The summed E-state index contributed by atoms with van der Waals surface area (Å²) in [6, 6.07) is 13.1. The van der Waals surface area contributed by atoms with Gasteiger partial charge < -0.3 is 5.32 Å². The molecule has 25 heavy (non-hydrogen) atoms. The first-order valence-corrected chi connectivity index (χ1v) is 7.78. The Morgan fingerprint density at radius 3 is 2.28 bits per heavy atom. The van der Waals surface area contributed by atoms with Gasteiger partial charge in [-0.25, -0.2) is 9.67 Å². The zero-order chi connectivity index (χ0) is 17.9. The van der Waals surface area contributed by atoms with Crippen molar-refractivity contribution >= 4 is 0 Å². The normalized spacial score (nSPS) is 13.0. The SMILES string of the molecule is CC(NCc1ccc(C(F)(F)F)cc1)c1ccc(-n2cncn2)cc1.